The molecule has 0 unspecified atom stereocenters. The normalized spacial score (nSPS) is 10.1. The van der Waals surface area contributed by atoms with Gasteiger partial charge in [-0.2, -0.15) is 4.39 Å². The average Bonchev–Trinajstić information content (AvgIpc) is 2.14. The number of phenolic OH excluding ortho intramolecular Hbond substituents is 1. The fourth-order valence-corrected chi connectivity index (χ4v) is 1.16. The molecule has 0 aliphatic heterocycles. The summed E-state index contributed by atoms with van der Waals surface area (Å²) in [4.78, 5) is 10.4. The van der Waals surface area contributed by atoms with E-state index >= 15 is 0 Å². The summed E-state index contributed by atoms with van der Waals surface area (Å²) < 4.78 is 30.6. The zero-order valence-electron chi connectivity index (χ0n) is 7.75. The lowest BCUT2D eigenvalue weighted by Crippen LogP contribution is -2.05. The van der Waals surface area contributed by atoms with E-state index < -0.39 is 35.5 Å². The van der Waals surface area contributed by atoms with Crippen LogP contribution in [-0.4, -0.2) is 23.3 Å². The third-order valence-electron chi connectivity index (χ3n) is 1.77. The van der Waals surface area contributed by atoms with Crippen molar-refractivity contribution >= 4 is 5.97 Å². The maximum absolute atomic E-state index is 13.2. The second kappa shape index (κ2) is 4.12. The number of rotatable bonds is 3. The van der Waals surface area contributed by atoms with E-state index in [-0.39, 0.29) is 5.56 Å². The monoisotopic (exact) mass is 218 g/mol. The van der Waals surface area contributed by atoms with Crippen LogP contribution in [0.25, 0.3) is 0 Å². The number of benzene rings is 1. The van der Waals surface area contributed by atoms with E-state index in [2.05, 4.69) is 4.74 Å². The van der Waals surface area contributed by atoms with Gasteiger partial charge in [0.1, 0.15) is 0 Å². The molecule has 0 saturated carbocycles. The molecule has 6 heteroatoms. The molecule has 0 spiro atoms. The lowest BCUT2D eigenvalue weighted by atomic mass is 10.1. The first kappa shape index (κ1) is 11.2. The van der Waals surface area contributed by atoms with Gasteiger partial charge >= 0.3 is 5.97 Å². The summed E-state index contributed by atoms with van der Waals surface area (Å²) in [5.74, 6) is -5.41. The highest BCUT2D eigenvalue weighted by atomic mass is 19.1. The van der Waals surface area contributed by atoms with Crippen LogP contribution in [-0.2, 0) is 11.2 Å². The Bertz CT molecular complexity index is 404. The molecule has 0 aromatic heterocycles. The van der Waals surface area contributed by atoms with Crippen LogP contribution >= 0.6 is 0 Å². The Labute approximate surface area is 83.7 Å². The minimum Gasteiger partial charge on any atom is -0.503 e. The number of ether oxygens (including phenoxy) is 1. The molecule has 0 amide bonds. The molecule has 1 aromatic carbocycles. The molecule has 0 radical (unpaired) electrons. The Morgan fingerprint density at radius 3 is 2.60 bits per heavy atom. The molecule has 0 aliphatic carbocycles. The van der Waals surface area contributed by atoms with Crippen LogP contribution in [0.5, 0.6) is 11.5 Å². The van der Waals surface area contributed by atoms with Crippen LogP contribution in [0.15, 0.2) is 6.07 Å². The fourth-order valence-electron chi connectivity index (χ4n) is 1.16. The smallest absolute Gasteiger partial charge is 0.307 e. The van der Waals surface area contributed by atoms with E-state index in [4.69, 9.17) is 10.2 Å². The summed E-state index contributed by atoms with van der Waals surface area (Å²) in [7, 11) is 1.10. The molecule has 82 valence electrons. The van der Waals surface area contributed by atoms with Gasteiger partial charge in [0.2, 0.25) is 5.82 Å². The lowest BCUT2D eigenvalue weighted by molar-refractivity contribution is -0.136. The van der Waals surface area contributed by atoms with Gasteiger partial charge in [-0.25, -0.2) is 4.39 Å². The topological polar surface area (TPSA) is 66.8 Å². The van der Waals surface area contributed by atoms with Crippen molar-refractivity contribution in [2.75, 3.05) is 7.11 Å². The van der Waals surface area contributed by atoms with Gasteiger partial charge in [-0.3, -0.25) is 4.79 Å². The van der Waals surface area contributed by atoms with E-state index in [0.717, 1.165) is 13.2 Å². The summed E-state index contributed by atoms with van der Waals surface area (Å²) in [5, 5.41) is 17.4. The summed E-state index contributed by atoms with van der Waals surface area (Å²) in [6.45, 7) is 0. The standard InChI is InChI=1S/C9H8F2O4/c1-15-9-4(3-6(12)13)2-5(10)8(14)7(9)11/h2,14H,3H2,1H3,(H,12,13). The second-order valence-corrected chi connectivity index (χ2v) is 2.78. The third kappa shape index (κ3) is 2.15. The molecule has 1 rings (SSSR count). The first-order valence-corrected chi connectivity index (χ1v) is 3.93. The van der Waals surface area contributed by atoms with Crippen LogP contribution in [0.3, 0.4) is 0 Å². The predicted octanol–water partition coefficient (Wildman–Crippen LogP) is 1.31. The van der Waals surface area contributed by atoms with Crippen molar-refractivity contribution in [1.82, 2.24) is 0 Å². The first-order valence-electron chi connectivity index (χ1n) is 3.93. The van der Waals surface area contributed by atoms with Crippen molar-refractivity contribution in [3.05, 3.63) is 23.3 Å². The number of methoxy groups -OCH3 is 1. The van der Waals surface area contributed by atoms with Crippen LogP contribution < -0.4 is 4.74 Å². The maximum atomic E-state index is 13.2. The van der Waals surface area contributed by atoms with Crippen LogP contribution in [0, 0.1) is 11.6 Å². The van der Waals surface area contributed by atoms with Gasteiger partial charge in [0.15, 0.2) is 17.3 Å². The van der Waals surface area contributed by atoms with Gasteiger partial charge in [0, 0.05) is 5.56 Å². The number of carboxylic acids is 1. The molecule has 0 heterocycles. The number of carboxylic acid groups (broad SMARTS) is 1. The van der Waals surface area contributed by atoms with E-state index in [0.29, 0.717) is 0 Å². The highest BCUT2D eigenvalue weighted by molar-refractivity contribution is 5.71. The minimum absolute atomic E-state index is 0.169. The predicted molar refractivity (Wildman–Crippen MR) is 45.9 cm³/mol. The van der Waals surface area contributed by atoms with Crippen molar-refractivity contribution in [2.24, 2.45) is 0 Å². The molecule has 1 aromatic rings. The van der Waals surface area contributed by atoms with Crippen molar-refractivity contribution in [3.8, 4) is 11.5 Å². The van der Waals surface area contributed by atoms with Gasteiger partial charge in [-0.1, -0.05) is 0 Å². The number of carbonyl (C=O) groups is 1. The van der Waals surface area contributed by atoms with Crippen molar-refractivity contribution in [3.63, 3.8) is 0 Å². The van der Waals surface area contributed by atoms with E-state index in [1.165, 1.54) is 0 Å². The van der Waals surface area contributed by atoms with Gasteiger partial charge in [0.05, 0.1) is 13.5 Å². The first-order chi connectivity index (χ1) is 6.97. The Morgan fingerprint density at radius 2 is 2.13 bits per heavy atom. The number of phenols is 1. The van der Waals surface area contributed by atoms with E-state index in [9.17, 15) is 13.6 Å². The number of hydrogen-bond acceptors (Lipinski definition) is 3. The van der Waals surface area contributed by atoms with Crippen LogP contribution in [0.2, 0.25) is 0 Å². The zero-order valence-corrected chi connectivity index (χ0v) is 7.75. The number of aliphatic carboxylic acids is 1. The zero-order chi connectivity index (χ0) is 11.6. The van der Waals surface area contributed by atoms with Crippen molar-refractivity contribution in [2.45, 2.75) is 6.42 Å². The Hall–Kier alpha value is -1.85. The number of aromatic hydroxyl groups is 1. The molecule has 0 bridgehead atoms. The Balaban J connectivity index is 3.31. The van der Waals surface area contributed by atoms with Gasteiger partial charge in [-0.05, 0) is 6.07 Å². The van der Waals surface area contributed by atoms with Crippen molar-refractivity contribution < 1.29 is 28.5 Å². The molecular weight excluding hydrogens is 210 g/mol. The highest BCUT2D eigenvalue weighted by Crippen LogP contribution is 2.32. The number of hydrogen-bond donors (Lipinski definition) is 2. The number of halogens is 2. The molecule has 0 aliphatic rings. The van der Waals surface area contributed by atoms with Gasteiger partial charge in [0.25, 0.3) is 0 Å². The molecule has 0 atom stereocenters. The Morgan fingerprint density at radius 1 is 1.53 bits per heavy atom. The lowest BCUT2D eigenvalue weighted by Gasteiger charge is -2.09. The van der Waals surface area contributed by atoms with Gasteiger partial charge < -0.3 is 14.9 Å². The van der Waals surface area contributed by atoms with Gasteiger partial charge in [-0.15, -0.1) is 0 Å². The molecule has 4 nitrogen and oxygen atoms in total. The largest absolute Gasteiger partial charge is 0.503 e. The van der Waals surface area contributed by atoms with Crippen molar-refractivity contribution in [1.29, 1.82) is 0 Å². The average molecular weight is 218 g/mol. The molecule has 2 N–H and O–H groups in total. The van der Waals surface area contributed by atoms with E-state index in [1.54, 1.807) is 0 Å². The summed E-state index contributed by atoms with van der Waals surface area (Å²) in [6.07, 6.45) is -0.586. The summed E-state index contributed by atoms with van der Waals surface area (Å²) >= 11 is 0. The maximum Gasteiger partial charge on any atom is 0.307 e. The second-order valence-electron chi connectivity index (χ2n) is 2.78. The van der Waals surface area contributed by atoms with E-state index in [1.807, 2.05) is 0 Å². The molecular formula is C9H8F2O4. The third-order valence-corrected chi connectivity index (χ3v) is 1.77. The quantitative estimate of drug-likeness (QED) is 0.802. The molecule has 0 fully saturated rings. The molecule has 0 saturated heterocycles. The highest BCUT2D eigenvalue weighted by Gasteiger charge is 2.19. The fraction of sp³-hybridized carbons (Fsp3) is 0.222. The summed E-state index contributed by atoms with van der Waals surface area (Å²) in [6, 6.07) is 0.728. The van der Waals surface area contributed by atoms with Crippen LogP contribution in [0.4, 0.5) is 8.78 Å². The minimum atomic E-state index is -1.30. The van der Waals surface area contributed by atoms with Crippen LogP contribution in [0.1, 0.15) is 5.56 Å². The molecule has 15 heavy (non-hydrogen) atoms. The Kier molecular flexibility index (Phi) is 3.08. The summed E-state index contributed by atoms with van der Waals surface area (Å²) in [5.41, 5.74) is -0.169. The SMILES string of the molecule is COc1c(CC(=O)O)cc(F)c(O)c1F.